The zero-order valence-electron chi connectivity index (χ0n) is 49.9. The van der Waals surface area contributed by atoms with Crippen molar-refractivity contribution in [2.45, 2.75) is 229 Å². The molecule has 0 radical (unpaired) electrons. The number of hydrogen-bond donors (Lipinski definition) is 6. The van der Waals surface area contributed by atoms with Crippen molar-refractivity contribution in [3.05, 3.63) is 34.4 Å². The number of fused-ring (bicyclic) bond motifs is 20. The molecule has 2 saturated heterocycles. The van der Waals surface area contributed by atoms with Crippen LogP contribution in [0.25, 0.3) is 0 Å². The van der Waals surface area contributed by atoms with Crippen LogP contribution < -0.4 is 0 Å². The van der Waals surface area contributed by atoms with E-state index in [0.717, 1.165) is 189 Å². The van der Waals surface area contributed by atoms with Gasteiger partial charge in [-0.1, -0.05) is 49.1 Å². The van der Waals surface area contributed by atoms with Crippen LogP contribution in [-0.4, -0.2) is 111 Å². The van der Waals surface area contributed by atoms with Gasteiger partial charge in [0.1, 0.15) is 0 Å². The van der Waals surface area contributed by atoms with Crippen LogP contribution in [0, 0.1) is 117 Å². The molecule has 0 aromatic rings. The molecule has 0 aromatic heterocycles. The maximum absolute atomic E-state index is 11.8. The molecule has 2 spiro atoms. The minimum absolute atomic E-state index is 0.0443. The molecule has 2 heterocycles. The van der Waals surface area contributed by atoms with E-state index < -0.39 is 16.8 Å². The zero-order chi connectivity index (χ0) is 55.7. The van der Waals surface area contributed by atoms with Crippen LogP contribution in [0.15, 0.2) is 34.4 Å². The monoisotopic (exact) mass is 1120 g/mol. The summed E-state index contributed by atoms with van der Waals surface area (Å²) in [4.78, 5) is 11.8. The molecule has 15 aliphatic carbocycles. The Morgan fingerprint density at radius 1 is 0.469 bits per heavy atom. The van der Waals surface area contributed by atoms with Gasteiger partial charge in [-0.15, -0.1) is 0 Å². The van der Waals surface area contributed by atoms with E-state index in [4.69, 9.17) is 18.9 Å². The van der Waals surface area contributed by atoms with Crippen molar-refractivity contribution in [1.29, 1.82) is 0 Å². The summed E-state index contributed by atoms with van der Waals surface area (Å²) in [6.07, 6.45) is 34.2. The molecule has 17 unspecified atom stereocenters. The summed E-state index contributed by atoms with van der Waals surface area (Å²) in [5.41, 5.74) is 5.00. The molecule has 450 valence electrons. The predicted molar refractivity (Wildman–Crippen MR) is 307 cm³/mol. The highest BCUT2D eigenvalue weighted by molar-refractivity contribution is 5.91. The Balaban J connectivity index is 0.000000105. The van der Waals surface area contributed by atoms with Crippen LogP contribution in [0.2, 0.25) is 0 Å². The summed E-state index contributed by atoms with van der Waals surface area (Å²) in [5.74, 6) is 11.3. The fraction of sp³-hybridized carbons (Fsp3) is 0.900. The van der Waals surface area contributed by atoms with Crippen LogP contribution in [-0.2, 0) is 23.7 Å². The Morgan fingerprint density at radius 2 is 0.951 bits per heavy atom. The topological polar surface area (TPSA) is 175 Å². The molecule has 17 rings (SSSR count). The Morgan fingerprint density at radius 3 is 1.52 bits per heavy atom. The molecule has 6 N–H and O–H groups in total. The van der Waals surface area contributed by atoms with E-state index in [0.29, 0.717) is 53.1 Å². The van der Waals surface area contributed by atoms with E-state index >= 15 is 0 Å². The van der Waals surface area contributed by atoms with Crippen LogP contribution in [0.5, 0.6) is 0 Å². The minimum atomic E-state index is -0.547. The normalized spacial score (nSPS) is 52.5. The Hall–Kier alpha value is -1.51. The predicted octanol–water partition coefficient (Wildman–Crippen LogP) is 11.0. The lowest BCUT2D eigenvalue weighted by molar-refractivity contribution is -0.180. The lowest BCUT2D eigenvalue weighted by Gasteiger charge is -2.57. The summed E-state index contributed by atoms with van der Waals surface area (Å²) in [6.45, 7) is 10.8. The first-order chi connectivity index (χ1) is 39.0. The summed E-state index contributed by atoms with van der Waals surface area (Å²) in [7, 11) is 0. The molecular formula is C70H104O11. The summed E-state index contributed by atoms with van der Waals surface area (Å²) in [5, 5.41) is 63.3. The van der Waals surface area contributed by atoms with Gasteiger partial charge >= 0.3 is 0 Å². The largest absolute Gasteiger partial charge is 0.396 e. The lowest BCUT2D eigenvalue weighted by Crippen LogP contribution is -2.55. The van der Waals surface area contributed by atoms with Crippen LogP contribution in [0.1, 0.15) is 201 Å². The van der Waals surface area contributed by atoms with Crippen molar-refractivity contribution in [1.82, 2.24) is 0 Å². The smallest absolute Gasteiger partial charge is 0.172 e. The third-order valence-corrected chi connectivity index (χ3v) is 29.4. The van der Waals surface area contributed by atoms with E-state index in [9.17, 15) is 35.4 Å². The lowest BCUT2D eigenvalue weighted by atomic mass is 9.49. The number of aliphatic hydroxyl groups is 6. The van der Waals surface area contributed by atoms with Crippen molar-refractivity contribution in [3.63, 3.8) is 0 Å². The summed E-state index contributed by atoms with van der Waals surface area (Å²) < 4.78 is 24.1. The quantitative estimate of drug-likeness (QED) is 0.121. The van der Waals surface area contributed by atoms with E-state index in [2.05, 4.69) is 26.8 Å². The maximum atomic E-state index is 11.8. The number of carbonyl (C=O) groups is 1. The van der Waals surface area contributed by atoms with Crippen molar-refractivity contribution >= 4 is 5.78 Å². The minimum Gasteiger partial charge on any atom is -0.396 e. The van der Waals surface area contributed by atoms with Gasteiger partial charge in [0, 0.05) is 51.9 Å². The summed E-state index contributed by atoms with van der Waals surface area (Å²) >= 11 is 0. The highest BCUT2D eigenvalue weighted by Crippen LogP contribution is 2.80. The van der Waals surface area contributed by atoms with Gasteiger partial charge in [-0.25, -0.2) is 0 Å². The second-order valence-electron chi connectivity index (χ2n) is 31.9. The molecule has 17 aliphatic rings. The van der Waals surface area contributed by atoms with Gasteiger partial charge in [0.25, 0.3) is 0 Å². The second kappa shape index (κ2) is 20.0. The highest BCUT2D eigenvalue weighted by Gasteiger charge is 2.78. The van der Waals surface area contributed by atoms with Crippen molar-refractivity contribution in [3.8, 4) is 0 Å². The molecule has 0 bridgehead atoms. The maximum Gasteiger partial charge on any atom is 0.172 e. The molecule has 81 heavy (non-hydrogen) atoms. The fourth-order valence-electron chi connectivity index (χ4n) is 25.9. The Labute approximate surface area is 484 Å². The average molecular weight is 1120 g/mol. The van der Waals surface area contributed by atoms with Gasteiger partial charge in [0.05, 0.1) is 43.2 Å². The first kappa shape index (κ1) is 56.0. The number of ether oxygens (including phenoxy) is 4. The molecular weight excluding hydrogens is 1020 g/mol. The highest BCUT2D eigenvalue weighted by atomic mass is 16.7. The number of hydrogen-bond acceptors (Lipinski definition) is 11. The number of rotatable bonds is 9. The van der Waals surface area contributed by atoms with E-state index in [1.807, 2.05) is 6.08 Å². The molecule has 2 aliphatic heterocycles. The summed E-state index contributed by atoms with van der Waals surface area (Å²) in [6, 6.07) is 0. The van der Waals surface area contributed by atoms with E-state index in [1.54, 1.807) is 16.7 Å². The molecule has 13 fully saturated rings. The Bertz CT molecular complexity index is 2500. The van der Waals surface area contributed by atoms with E-state index in [-0.39, 0.29) is 47.6 Å². The number of ketones is 1. The van der Waals surface area contributed by atoms with Gasteiger partial charge in [0.15, 0.2) is 17.4 Å². The van der Waals surface area contributed by atoms with Crippen LogP contribution in [0.4, 0.5) is 0 Å². The van der Waals surface area contributed by atoms with Gasteiger partial charge < -0.3 is 49.6 Å². The average Bonchev–Trinajstić information content (AvgIpc) is 3.38. The molecule has 11 heteroatoms. The van der Waals surface area contributed by atoms with Gasteiger partial charge in [-0.05, 0) is 271 Å². The van der Waals surface area contributed by atoms with E-state index in [1.165, 1.54) is 76.2 Å². The molecule has 0 amide bonds. The van der Waals surface area contributed by atoms with Crippen molar-refractivity contribution in [2.75, 3.05) is 46.2 Å². The second-order valence-corrected chi connectivity index (χ2v) is 31.9. The SMILES string of the molecule is C[C@]12CCC3C4=C(CCC3C1C1CC1[C@@]2(O)CCCO)CC1(CC4)OCCO1.C[C@]12CCC3C4CCC(=O)C=C4CCC3C1C1CC1[C@@]2(O)CCCO.C[C@]12CCC3C4CCC5(CC4=CCC3C1C1CC1[C@@]2(O)CCCO)OCCO5. The van der Waals surface area contributed by atoms with Crippen LogP contribution in [0.3, 0.4) is 0 Å². The zero-order valence-corrected chi connectivity index (χ0v) is 49.9. The molecule has 0 aromatic carbocycles. The van der Waals surface area contributed by atoms with Crippen molar-refractivity contribution in [2.24, 2.45) is 117 Å². The standard InChI is InChI=1S/2C24H36O4.C22H32O3/c2*1-22-8-5-17-16-6-9-23(27-11-12-28-23)14-15(16)3-4-18(17)21(22)19-13-20(19)24(22,26)7-2-10-25;1-21-9-7-16-15-6-4-14(24)11-13(15)3-5-17(16)20(21)18-12-19(18)22(21,25)8-2-10-23/h17-21,25-26H,2-14H2,1H3;3,16-21,25-26H,2,4-14H2,1H3;11,15-20,23,25H,2-10,12H2,1H3/t17?,18?,19?,20?,21?,22-,24-;16?,17?,18?,19?,20?,21?,22-,24-;15?,16?,17?,18?,19?,20?,21-,22-/m000/s1. The first-order valence-corrected chi connectivity index (χ1v) is 34.2. The fourth-order valence-corrected chi connectivity index (χ4v) is 25.9. The third-order valence-electron chi connectivity index (χ3n) is 29.4. The van der Waals surface area contributed by atoms with Crippen LogP contribution >= 0.6 is 0 Å². The van der Waals surface area contributed by atoms with Gasteiger partial charge in [0.2, 0.25) is 0 Å². The number of allylic oxidation sites excluding steroid dienone is 3. The molecule has 11 nitrogen and oxygen atoms in total. The molecule has 11 saturated carbocycles. The van der Waals surface area contributed by atoms with Crippen molar-refractivity contribution < 1.29 is 54.4 Å². The van der Waals surface area contributed by atoms with Gasteiger partial charge in [-0.3, -0.25) is 4.79 Å². The first-order valence-electron chi connectivity index (χ1n) is 34.2. The Kier molecular flexibility index (Phi) is 13.8. The number of aliphatic hydroxyl groups excluding tert-OH is 3. The van der Waals surface area contributed by atoms with Gasteiger partial charge in [-0.2, -0.15) is 0 Å². The number of carbonyl (C=O) groups excluding carboxylic acids is 1. The third kappa shape index (κ3) is 8.21. The molecule has 23 atom stereocenters.